The molecule has 29 heavy (non-hydrogen) atoms. The average molecular weight is 395 g/mol. The van der Waals surface area contributed by atoms with Gasteiger partial charge in [-0.25, -0.2) is 0 Å². The van der Waals surface area contributed by atoms with Crippen molar-refractivity contribution in [3.8, 4) is 17.5 Å². The Morgan fingerprint density at radius 2 is 1.62 bits per heavy atom. The van der Waals surface area contributed by atoms with Gasteiger partial charge in [-0.05, 0) is 66.8 Å². The Balaban J connectivity index is 1.48. The molecule has 0 unspecified atom stereocenters. The van der Waals surface area contributed by atoms with E-state index in [0.717, 1.165) is 16.8 Å². The van der Waals surface area contributed by atoms with Gasteiger partial charge in [-0.15, -0.1) is 0 Å². The highest BCUT2D eigenvalue weighted by atomic mass is 32.1. The van der Waals surface area contributed by atoms with Gasteiger partial charge in [0.15, 0.2) is 4.77 Å². The highest BCUT2D eigenvalue weighted by molar-refractivity contribution is 7.71. The van der Waals surface area contributed by atoms with E-state index in [2.05, 4.69) is 22.1 Å². The summed E-state index contributed by atoms with van der Waals surface area (Å²) in [6, 6.07) is 24.6. The minimum Gasteiger partial charge on any atom is -0.337 e. The summed E-state index contributed by atoms with van der Waals surface area (Å²) in [4.78, 5) is 15.5. The van der Waals surface area contributed by atoms with Crippen molar-refractivity contribution >= 4 is 23.8 Å². The lowest BCUT2D eigenvalue weighted by molar-refractivity contribution is 0.102. The highest BCUT2D eigenvalue weighted by Crippen LogP contribution is 2.14. The van der Waals surface area contributed by atoms with Crippen molar-refractivity contribution < 1.29 is 4.79 Å². The minimum absolute atomic E-state index is 0.178. The van der Waals surface area contributed by atoms with Gasteiger partial charge in [-0.3, -0.25) is 9.36 Å². The van der Waals surface area contributed by atoms with Crippen molar-refractivity contribution in [3.63, 3.8) is 0 Å². The number of anilines is 1. The molecular weight excluding hydrogens is 378 g/mol. The van der Waals surface area contributed by atoms with E-state index in [0.29, 0.717) is 16.0 Å². The molecular formula is C24H17N3OS. The van der Waals surface area contributed by atoms with E-state index < -0.39 is 0 Å². The molecule has 4 rings (SSSR count). The molecule has 0 atom stereocenters. The molecule has 0 saturated carbocycles. The van der Waals surface area contributed by atoms with Crippen molar-refractivity contribution in [1.82, 2.24) is 9.55 Å². The number of aromatic amines is 1. The number of aromatic nitrogens is 2. The lowest BCUT2D eigenvalue weighted by Gasteiger charge is -2.07. The van der Waals surface area contributed by atoms with Crippen LogP contribution in [0.4, 0.5) is 5.69 Å². The molecule has 4 nitrogen and oxygen atoms in total. The lowest BCUT2D eigenvalue weighted by Crippen LogP contribution is -2.12. The first-order valence-electron chi connectivity index (χ1n) is 9.04. The van der Waals surface area contributed by atoms with Crippen LogP contribution in [-0.4, -0.2) is 15.5 Å². The monoisotopic (exact) mass is 395 g/mol. The highest BCUT2D eigenvalue weighted by Gasteiger charge is 2.07. The summed E-state index contributed by atoms with van der Waals surface area (Å²) in [5.74, 6) is 6.07. The molecule has 5 heteroatoms. The van der Waals surface area contributed by atoms with E-state index in [4.69, 9.17) is 12.2 Å². The largest absolute Gasteiger partial charge is 0.337 e. The Bertz CT molecular complexity index is 1260. The zero-order valence-corrected chi connectivity index (χ0v) is 16.2. The molecule has 1 amide bonds. The first kappa shape index (κ1) is 18.5. The molecule has 2 N–H and O–H groups in total. The Morgan fingerprint density at radius 3 is 2.34 bits per heavy atom. The van der Waals surface area contributed by atoms with Gasteiger partial charge in [-0.1, -0.05) is 36.1 Å². The summed E-state index contributed by atoms with van der Waals surface area (Å²) in [6.07, 6.45) is 3.62. The molecule has 0 radical (unpaired) electrons. The quantitative estimate of drug-likeness (QED) is 0.371. The van der Waals surface area contributed by atoms with Crippen molar-refractivity contribution in [3.05, 3.63) is 113 Å². The van der Waals surface area contributed by atoms with Gasteiger partial charge >= 0.3 is 0 Å². The number of amides is 1. The van der Waals surface area contributed by atoms with Crippen LogP contribution in [0, 0.1) is 16.6 Å². The van der Waals surface area contributed by atoms with Crippen molar-refractivity contribution in [2.45, 2.75) is 0 Å². The summed E-state index contributed by atoms with van der Waals surface area (Å²) in [5, 5.41) is 2.92. The van der Waals surface area contributed by atoms with Crippen molar-refractivity contribution in [1.29, 1.82) is 0 Å². The molecule has 0 aliphatic heterocycles. The van der Waals surface area contributed by atoms with Gasteiger partial charge in [0.25, 0.3) is 5.91 Å². The summed E-state index contributed by atoms with van der Waals surface area (Å²) < 4.78 is 2.45. The number of hydrogen-bond acceptors (Lipinski definition) is 2. The van der Waals surface area contributed by atoms with Crippen LogP contribution in [0.15, 0.2) is 91.3 Å². The van der Waals surface area contributed by atoms with Crippen LogP contribution in [0.25, 0.3) is 5.69 Å². The third kappa shape index (κ3) is 4.52. The fourth-order valence-electron chi connectivity index (χ4n) is 2.84. The molecule has 1 aromatic heterocycles. The van der Waals surface area contributed by atoms with Gasteiger partial charge in [-0.2, -0.15) is 0 Å². The zero-order valence-electron chi connectivity index (χ0n) is 15.4. The molecule has 1 heterocycles. The number of carbonyl (C=O) groups is 1. The number of imidazole rings is 1. The van der Waals surface area contributed by atoms with E-state index in [1.165, 1.54) is 0 Å². The Morgan fingerprint density at radius 1 is 0.897 bits per heavy atom. The topological polar surface area (TPSA) is 49.8 Å². The second kappa shape index (κ2) is 8.42. The van der Waals surface area contributed by atoms with Crippen LogP contribution in [0.1, 0.15) is 21.5 Å². The van der Waals surface area contributed by atoms with Crippen molar-refractivity contribution in [2.24, 2.45) is 0 Å². The molecule has 0 aliphatic carbocycles. The average Bonchev–Trinajstić information content (AvgIpc) is 3.19. The summed E-state index contributed by atoms with van der Waals surface area (Å²) >= 11 is 5.22. The first-order chi connectivity index (χ1) is 14.2. The molecule has 0 bridgehead atoms. The van der Waals surface area contributed by atoms with Gasteiger partial charge < -0.3 is 10.3 Å². The van der Waals surface area contributed by atoms with Crippen LogP contribution in [0.2, 0.25) is 0 Å². The van der Waals surface area contributed by atoms with Gasteiger partial charge in [0.05, 0.1) is 0 Å². The Kier molecular flexibility index (Phi) is 5.37. The van der Waals surface area contributed by atoms with Gasteiger partial charge in [0.1, 0.15) is 0 Å². The summed E-state index contributed by atoms with van der Waals surface area (Å²) in [7, 11) is 0. The molecule has 0 fully saturated rings. The summed E-state index contributed by atoms with van der Waals surface area (Å²) in [5.41, 5.74) is 3.95. The number of nitrogens with one attached hydrogen (secondary N) is 2. The maximum Gasteiger partial charge on any atom is 0.255 e. The van der Waals surface area contributed by atoms with Crippen molar-refractivity contribution in [2.75, 3.05) is 5.32 Å². The third-order valence-corrected chi connectivity index (χ3v) is 4.62. The van der Waals surface area contributed by atoms with Crippen LogP contribution in [0.5, 0.6) is 0 Å². The zero-order chi connectivity index (χ0) is 20.1. The smallest absolute Gasteiger partial charge is 0.255 e. The summed E-state index contributed by atoms with van der Waals surface area (Å²) in [6.45, 7) is 0. The van der Waals surface area contributed by atoms with E-state index in [9.17, 15) is 4.79 Å². The molecule has 0 spiro atoms. The Labute approximate surface area is 173 Å². The molecule has 0 aliphatic rings. The van der Waals surface area contributed by atoms with Crippen LogP contribution in [0.3, 0.4) is 0 Å². The number of hydrogen-bond donors (Lipinski definition) is 2. The maximum absolute atomic E-state index is 12.6. The predicted molar refractivity (Wildman–Crippen MR) is 118 cm³/mol. The van der Waals surface area contributed by atoms with Crippen LogP contribution >= 0.6 is 12.2 Å². The minimum atomic E-state index is -0.178. The number of H-pyrrole nitrogens is 1. The fourth-order valence-corrected chi connectivity index (χ4v) is 3.08. The molecule has 3 aromatic carbocycles. The van der Waals surface area contributed by atoms with E-state index >= 15 is 0 Å². The van der Waals surface area contributed by atoms with Gasteiger partial charge in [0, 0.05) is 40.5 Å². The fraction of sp³-hybridized carbons (Fsp3) is 0. The Hall–Kier alpha value is -3.88. The van der Waals surface area contributed by atoms with Crippen LogP contribution in [-0.2, 0) is 0 Å². The second-order valence-electron chi connectivity index (χ2n) is 6.33. The number of carbonyl (C=O) groups excluding carboxylic acids is 1. The predicted octanol–water partition coefficient (Wildman–Crippen LogP) is 5.19. The number of nitrogens with zero attached hydrogens (tertiary/aromatic N) is 1. The number of benzene rings is 3. The molecule has 0 saturated heterocycles. The van der Waals surface area contributed by atoms with E-state index in [1.54, 1.807) is 18.3 Å². The molecule has 140 valence electrons. The van der Waals surface area contributed by atoms with E-state index in [1.807, 2.05) is 77.5 Å². The normalized spacial score (nSPS) is 10.1. The first-order valence-corrected chi connectivity index (χ1v) is 9.45. The maximum atomic E-state index is 12.6. The van der Waals surface area contributed by atoms with E-state index in [-0.39, 0.29) is 5.91 Å². The SMILES string of the molecule is O=C(Nc1cccc(C#Cc2ccccc2)c1)c1ccc(-n2cc[nH]c2=S)cc1. The molecule has 4 aromatic rings. The number of rotatable bonds is 3. The van der Waals surface area contributed by atoms with Crippen LogP contribution < -0.4 is 5.32 Å². The van der Waals surface area contributed by atoms with Gasteiger partial charge in [0.2, 0.25) is 0 Å². The third-order valence-electron chi connectivity index (χ3n) is 4.30. The second-order valence-corrected chi connectivity index (χ2v) is 6.72. The standard InChI is InChI=1S/C24H17N3OS/c28-23(20-11-13-22(14-12-20)27-16-15-25-24(27)29)26-21-8-4-7-19(17-21)10-9-18-5-2-1-3-6-18/h1-8,11-17H,(H,25,29)(H,26,28). The lowest BCUT2D eigenvalue weighted by atomic mass is 10.1.